The Kier molecular flexibility index (Phi) is 6.40. The number of fused-ring (bicyclic) bond motifs is 1. The van der Waals surface area contributed by atoms with Gasteiger partial charge in [0.25, 0.3) is 5.91 Å². The Hall–Kier alpha value is -3.02. The first-order valence-electron chi connectivity index (χ1n) is 10.0. The van der Waals surface area contributed by atoms with Crippen molar-refractivity contribution in [1.29, 1.82) is 0 Å². The Morgan fingerprint density at radius 2 is 1.81 bits per heavy atom. The second-order valence-corrected chi connectivity index (χ2v) is 9.93. The number of sulfonamides is 1. The lowest BCUT2D eigenvalue weighted by Crippen LogP contribution is -2.50. The molecule has 2 amide bonds. The summed E-state index contributed by atoms with van der Waals surface area (Å²) in [6, 6.07) is 11.3. The average molecular weight is 475 g/mol. The number of benzene rings is 2. The van der Waals surface area contributed by atoms with Crippen molar-refractivity contribution in [2.45, 2.75) is 11.8 Å². The average Bonchev–Trinajstić information content (AvgIpc) is 3.27. The van der Waals surface area contributed by atoms with Gasteiger partial charge in [-0.3, -0.25) is 4.79 Å². The number of hydrogen-bond donors (Lipinski definition) is 1. The van der Waals surface area contributed by atoms with Gasteiger partial charge in [-0.2, -0.15) is 4.31 Å². The van der Waals surface area contributed by atoms with Gasteiger partial charge in [-0.05, 0) is 49.4 Å². The minimum Gasteiger partial charge on any atom is -0.450 e. The predicted octanol–water partition coefficient (Wildman–Crippen LogP) is 3.01. The largest absolute Gasteiger partial charge is 0.450 e. The molecular weight excluding hydrogens is 452 g/mol. The summed E-state index contributed by atoms with van der Waals surface area (Å²) >= 11 is 1.52. The number of rotatable bonds is 5. The topological polar surface area (TPSA) is 109 Å². The third kappa shape index (κ3) is 4.59. The van der Waals surface area contributed by atoms with Crippen molar-refractivity contribution in [2.75, 3.05) is 38.1 Å². The molecular formula is C21H22N4O5S2. The van der Waals surface area contributed by atoms with Gasteiger partial charge in [-0.1, -0.05) is 0 Å². The van der Waals surface area contributed by atoms with Crippen molar-refractivity contribution in [2.24, 2.45) is 0 Å². The number of carbonyl (C=O) groups is 2. The summed E-state index contributed by atoms with van der Waals surface area (Å²) in [5.41, 5.74) is 3.50. The second kappa shape index (κ2) is 9.23. The van der Waals surface area contributed by atoms with E-state index in [9.17, 15) is 18.0 Å². The molecule has 2 aromatic carbocycles. The quantitative estimate of drug-likeness (QED) is 0.609. The zero-order valence-electron chi connectivity index (χ0n) is 17.4. The summed E-state index contributed by atoms with van der Waals surface area (Å²) in [4.78, 5) is 30.2. The third-order valence-corrected chi connectivity index (χ3v) is 7.83. The minimum absolute atomic E-state index is 0.0996. The minimum atomic E-state index is -3.73. The van der Waals surface area contributed by atoms with Crippen molar-refractivity contribution >= 4 is 49.3 Å². The first-order chi connectivity index (χ1) is 15.4. The van der Waals surface area contributed by atoms with E-state index in [1.807, 2.05) is 6.07 Å². The van der Waals surface area contributed by atoms with Gasteiger partial charge in [0.1, 0.15) is 0 Å². The number of thiazole rings is 1. The van der Waals surface area contributed by atoms with E-state index >= 15 is 0 Å². The SMILES string of the molecule is CCOC(=O)N1CCN(S(=O)(=O)c2ccc(C(=O)Nc3ccc4scnc4c3)cc2)CC1. The predicted molar refractivity (Wildman–Crippen MR) is 121 cm³/mol. The zero-order valence-corrected chi connectivity index (χ0v) is 19.0. The van der Waals surface area contributed by atoms with Crippen molar-refractivity contribution in [3.63, 3.8) is 0 Å². The van der Waals surface area contributed by atoms with Gasteiger partial charge in [0.05, 0.1) is 27.2 Å². The molecule has 1 saturated heterocycles. The van der Waals surface area contributed by atoms with Gasteiger partial charge in [0.2, 0.25) is 10.0 Å². The fraction of sp³-hybridized carbons (Fsp3) is 0.286. The number of nitrogens with zero attached hydrogens (tertiary/aromatic N) is 3. The summed E-state index contributed by atoms with van der Waals surface area (Å²) < 4.78 is 33.2. The van der Waals surface area contributed by atoms with E-state index in [-0.39, 0.29) is 43.6 Å². The first kappa shape index (κ1) is 22.2. The maximum Gasteiger partial charge on any atom is 0.409 e. The number of amides is 2. The van der Waals surface area contributed by atoms with Crippen LogP contribution in [-0.4, -0.2) is 67.4 Å². The molecule has 2 heterocycles. The standard InChI is InChI=1S/C21H22N4O5S2/c1-2-30-21(27)24-9-11-25(12-10-24)32(28,29)17-6-3-15(4-7-17)20(26)23-16-5-8-19-18(13-16)22-14-31-19/h3-8,13-14H,2,9-12H2,1H3,(H,23,26). The molecule has 9 nitrogen and oxygen atoms in total. The van der Waals surface area contributed by atoms with Crippen LogP contribution in [0.3, 0.4) is 0 Å². The van der Waals surface area contributed by atoms with Crippen LogP contribution >= 0.6 is 11.3 Å². The molecule has 1 aliphatic heterocycles. The van der Waals surface area contributed by atoms with Crippen LogP contribution in [0.25, 0.3) is 10.2 Å². The molecule has 168 valence electrons. The highest BCUT2D eigenvalue weighted by Crippen LogP contribution is 2.23. The molecule has 1 N–H and O–H groups in total. The maximum absolute atomic E-state index is 12.9. The number of aromatic nitrogens is 1. The van der Waals surface area contributed by atoms with Gasteiger partial charge >= 0.3 is 6.09 Å². The van der Waals surface area contributed by atoms with E-state index in [0.717, 1.165) is 10.2 Å². The molecule has 1 aromatic heterocycles. The van der Waals surface area contributed by atoms with Gasteiger partial charge in [0.15, 0.2) is 0 Å². The number of anilines is 1. The van der Waals surface area contributed by atoms with Crippen LogP contribution in [-0.2, 0) is 14.8 Å². The van der Waals surface area contributed by atoms with Crippen molar-refractivity contribution in [3.05, 3.63) is 53.5 Å². The van der Waals surface area contributed by atoms with Crippen molar-refractivity contribution in [1.82, 2.24) is 14.2 Å². The van der Waals surface area contributed by atoms with Gasteiger partial charge in [-0.15, -0.1) is 11.3 Å². The molecule has 4 rings (SSSR count). The number of piperazine rings is 1. The van der Waals surface area contributed by atoms with Gasteiger partial charge in [-0.25, -0.2) is 18.2 Å². The van der Waals surface area contributed by atoms with E-state index in [4.69, 9.17) is 4.74 Å². The maximum atomic E-state index is 12.9. The highest BCUT2D eigenvalue weighted by atomic mass is 32.2. The molecule has 0 aliphatic carbocycles. The molecule has 1 fully saturated rings. The molecule has 1 aliphatic rings. The Morgan fingerprint density at radius 3 is 2.50 bits per heavy atom. The van der Waals surface area contributed by atoms with E-state index in [1.165, 1.54) is 44.8 Å². The molecule has 3 aromatic rings. The van der Waals surface area contributed by atoms with Gasteiger partial charge < -0.3 is 15.0 Å². The van der Waals surface area contributed by atoms with Crippen LogP contribution in [0.5, 0.6) is 0 Å². The van der Waals surface area contributed by atoms with E-state index in [1.54, 1.807) is 24.6 Å². The summed E-state index contributed by atoms with van der Waals surface area (Å²) in [5, 5.41) is 2.80. The van der Waals surface area contributed by atoms with Crippen LogP contribution < -0.4 is 5.32 Å². The molecule has 32 heavy (non-hydrogen) atoms. The van der Waals surface area contributed by atoms with Crippen LogP contribution in [0.1, 0.15) is 17.3 Å². The van der Waals surface area contributed by atoms with E-state index in [2.05, 4.69) is 10.3 Å². The van der Waals surface area contributed by atoms with Crippen LogP contribution in [0.15, 0.2) is 52.9 Å². The van der Waals surface area contributed by atoms with Crippen molar-refractivity contribution < 1.29 is 22.7 Å². The van der Waals surface area contributed by atoms with Crippen LogP contribution in [0, 0.1) is 0 Å². The number of ether oxygens (including phenoxy) is 1. The normalized spacial score (nSPS) is 15.0. The molecule has 0 bridgehead atoms. The van der Waals surface area contributed by atoms with Crippen LogP contribution in [0.2, 0.25) is 0 Å². The number of hydrogen-bond acceptors (Lipinski definition) is 7. The lowest BCUT2D eigenvalue weighted by Gasteiger charge is -2.33. The van der Waals surface area contributed by atoms with Crippen LogP contribution in [0.4, 0.5) is 10.5 Å². The number of nitrogens with one attached hydrogen (secondary N) is 1. The highest BCUT2D eigenvalue weighted by Gasteiger charge is 2.30. The molecule has 0 unspecified atom stereocenters. The Labute approximate surface area is 189 Å². The fourth-order valence-corrected chi connectivity index (χ4v) is 5.47. The lowest BCUT2D eigenvalue weighted by atomic mass is 10.2. The second-order valence-electron chi connectivity index (χ2n) is 7.10. The lowest BCUT2D eigenvalue weighted by molar-refractivity contribution is 0.0933. The molecule has 0 radical (unpaired) electrons. The summed E-state index contributed by atoms with van der Waals surface area (Å²) in [6.45, 7) is 2.90. The molecule has 0 spiro atoms. The summed E-state index contributed by atoms with van der Waals surface area (Å²) in [6.07, 6.45) is -0.436. The zero-order chi connectivity index (χ0) is 22.7. The first-order valence-corrected chi connectivity index (χ1v) is 12.4. The Bertz CT molecular complexity index is 1230. The smallest absolute Gasteiger partial charge is 0.409 e. The summed E-state index contributed by atoms with van der Waals surface area (Å²) in [7, 11) is -3.73. The summed E-state index contributed by atoms with van der Waals surface area (Å²) in [5.74, 6) is -0.341. The Morgan fingerprint density at radius 1 is 1.09 bits per heavy atom. The monoisotopic (exact) mass is 474 g/mol. The third-order valence-electron chi connectivity index (χ3n) is 5.11. The van der Waals surface area contributed by atoms with E-state index in [0.29, 0.717) is 11.3 Å². The van der Waals surface area contributed by atoms with E-state index < -0.39 is 16.1 Å². The van der Waals surface area contributed by atoms with Crippen molar-refractivity contribution in [3.8, 4) is 0 Å². The fourth-order valence-electron chi connectivity index (χ4n) is 3.39. The molecule has 0 saturated carbocycles. The number of carbonyl (C=O) groups excluding carboxylic acids is 2. The molecule has 0 atom stereocenters. The highest BCUT2D eigenvalue weighted by molar-refractivity contribution is 7.89. The van der Waals surface area contributed by atoms with Gasteiger partial charge in [0, 0.05) is 37.4 Å². The molecule has 11 heteroatoms. The Balaban J connectivity index is 1.41.